The third-order valence-electron chi connectivity index (χ3n) is 6.89. The number of carbonyl (C=O) groups excluding carboxylic acids is 2. The first kappa shape index (κ1) is 21.3. The molecule has 4 unspecified atom stereocenters. The molecule has 166 valence electrons. The molecule has 9 nitrogen and oxygen atoms in total. The standard InChI is InChI=1S/C20H31N5O4S/c1-21-20(23-8-10-30(28,29)24-12-13-3-2-4-13)22-7-9-25-18(26)16-14-5-6-15(11-14)17(16)19(25)27/h5-6,13-17,24H,2-4,7-12H2,1H3,(H2,21,22,23). The molecule has 0 aromatic rings. The second kappa shape index (κ2) is 8.66. The Morgan fingerprint density at radius 2 is 1.73 bits per heavy atom. The number of aliphatic imine (C=N–C) groups is 1. The van der Waals surface area contributed by atoms with Crippen molar-refractivity contribution < 1.29 is 18.0 Å². The minimum absolute atomic E-state index is 0.0390. The molecular weight excluding hydrogens is 406 g/mol. The zero-order valence-corrected chi connectivity index (χ0v) is 18.2. The van der Waals surface area contributed by atoms with Gasteiger partial charge in [-0.3, -0.25) is 19.5 Å². The van der Waals surface area contributed by atoms with E-state index < -0.39 is 10.0 Å². The molecule has 1 saturated heterocycles. The molecule has 0 aromatic heterocycles. The minimum Gasteiger partial charge on any atom is -0.355 e. The fourth-order valence-corrected chi connectivity index (χ4v) is 6.01. The molecule has 1 heterocycles. The van der Waals surface area contributed by atoms with Crippen LogP contribution < -0.4 is 15.4 Å². The number of nitrogens with one attached hydrogen (secondary N) is 3. The minimum atomic E-state index is -3.32. The predicted molar refractivity (Wildman–Crippen MR) is 113 cm³/mol. The third kappa shape index (κ3) is 4.25. The molecule has 30 heavy (non-hydrogen) atoms. The van der Waals surface area contributed by atoms with Gasteiger partial charge in [-0.2, -0.15) is 0 Å². The number of fused-ring (bicyclic) bond motifs is 5. The van der Waals surface area contributed by atoms with E-state index in [0.717, 1.165) is 19.3 Å². The van der Waals surface area contributed by atoms with Gasteiger partial charge in [0.15, 0.2) is 5.96 Å². The van der Waals surface area contributed by atoms with Crippen LogP contribution in [0.3, 0.4) is 0 Å². The number of imide groups is 1. The molecule has 4 atom stereocenters. The highest BCUT2D eigenvalue weighted by atomic mass is 32.2. The van der Waals surface area contributed by atoms with Crippen molar-refractivity contribution >= 4 is 27.8 Å². The Morgan fingerprint density at radius 1 is 1.10 bits per heavy atom. The van der Waals surface area contributed by atoms with Crippen LogP contribution in [0.15, 0.2) is 17.1 Å². The van der Waals surface area contributed by atoms with Crippen LogP contribution >= 0.6 is 0 Å². The lowest BCUT2D eigenvalue weighted by Gasteiger charge is -2.25. The SMILES string of the molecule is CN=C(NCCN1C(=O)C2C3C=CC(C3)C2C1=O)NCCS(=O)(=O)NCC1CCC1. The summed E-state index contributed by atoms with van der Waals surface area (Å²) >= 11 is 0. The normalized spacial score (nSPS) is 30.7. The second-order valence-electron chi connectivity index (χ2n) is 8.72. The van der Waals surface area contributed by atoms with Crippen LogP contribution in [0, 0.1) is 29.6 Å². The summed E-state index contributed by atoms with van der Waals surface area (Å²) in [6, 6.07) is 0. The van der Waals surface area contributed by atoms with Crippen LogP contribution in [0.1, 0.15) is 25.7 Å². The van der Waals surface area contributed by atoms with Crippen LogP contribution in [0.4, 0.5) is 0 Å². The van der Waals surface area contributed by atoms with Gasteiger partial charge < -0.3 is 10.6 Å². The zero-order valence-electron chi connectivity index (χ0n) is 17.3. The molecule has 4 aliphatic rings. The van der Waals surface area contributed by atoms with Gasteiger partial charge in [0.1, 0.15) is 0 Å². The number of hydrogen-bond acceptors (Lipinski definition) is 5. The Kier molecular flexibility index (Phi) is 6.15. The van der Waals surface area contributed by atoms with Crippen LogP contribution in [-0.4, -0.2) is 70.1 Å². The molecule has 2 bridgehead atoms. The molecule has 1 aliphatic heterocycles. The van der Waals surface area contributed by atoms with Crippen LogP contribution in [-0.2, 0) is 19.6 Å². The van der Waals surface area contributed by atoms with Crippen molar-refractivity contribution in [3.05, 3.63) is 12.2 Å². The average molecular weight is 438 g/mol. The Hall–Kier alpha value is -1.94. The number of likely N-dealkylation sites (tertiary alicyclic amines) is 1. The summed E-state index contributed by atoms with van der Waals surface area (Å²) in [4.78, 5) is 30.8. The van der Waals surface area contributed by atoms with Crippen molar-refractivity contribution in [1.29, 1.82) is 0 Å². The first-order chi connectivity index (χ1) is 14.4. The maximum Gasteiger partial charge on any atom is 0.233 e. The number of hydrogen-bond donors (Lipinski definition) is 3. The molecule has 3 fully saturated rings. The Balaban J connectivity index is 1.17. The van der Waals surface area contributed by atoms with Gasteiger partial charge in [-0.05, 0) is 37.0 Å². The fraction of sp³-hybridized carbons (Fsp3) is 0.750. The quantitative estimate of drug-likeness (QED) is 0.197. The number of sulfonamides is 1. The van der Waals surface area contributed by atoms with Gasteiger partial charge >= 0.3 is 0 Å². The van der Waals surface area contributed by atoms with E-state index in [0.29, 0.717) is 25.0 Å². The molecule has 10 heteroatoms. The summed E-state index contributed by atoms with van der Waals surface area (Å²) in [6.07, 6.45) is 8.47. The molecule has 0 aromatic carbocycles. The molecule has 4 rings (SSSR count). The van der Waals surface area contributed by atoms with E-state index in [9.17, 15) is 18.0 Å². The van der Waals surface area contributed by atoms with Gasteiger partial charge in [0.25, 0.3) is 0 Å². The fourth-order valence-electron chi connectivity index (χ4n) is 5.01. The van der Waals surface area contributed by atoms with E-state index in [1.165, 1.54) is 11.3 Å². The summed E-state index contributed by atoms with van der Waals surface area (Å²) in [5.74, 6) is 0.833. The number of amides is 2. The molecule has 2 amide bonds. The van der Waals surface area contributed by atoms with Gasteiger partial charge in [-0.1, -0.05) is 18.6 Å². The van der Waals surface area contributed by atoms with E-state index in [1.807, 2.05) is 0 Å². The zero-order chi connectivity index (χ0) is 21.3. The average Bonchev–Trinajstić information content (AvgIpc) is 3.34. The summed E-state index contributed by atoms with van der Waals surface area (Å²) in [7, 11) is -1.72. The van der Waals surface area contributed by atoms with Crippen molar-refractivity contribution in [3.63, 3.8) is 0 Å². The lowest BCUT2D eigenvalue weighted by Crippen LogP contribution is -2.45. The van der Waals surface area contributed by atoms with Gasteiger partial charge in [-0.25, -0.2) is 13.1 Å². The lowest BCUT2D eigenvalue weighted by molar-refractivity contribution is -0.140. The second-order valence-corrected chi connectivity index (χ2v) is 10.6. The van der Waals surface area contributed by atoms with Crippen molar-refractivity contribution in [2.45, 2.75) is 25.7 Å². The first-order valence-corrected chi connectivity index (χ1v) is 12.5. The molecule has 0 spiro atoms. The van der Waals surface area contributed by atoms with Gasteiger partial charge in [0.2, 0.25) is 21.8 Å². The van der Waals surface area contributed by atoms with Gasteiger partial charge in [0.05, 0.1) is 17.6 Å². The van der Waals surface area contributed by atoms with Crippen molar-refractivity contribution in [2.75, 3.05) is 39.0 Å². The largest absolute Gasteiger partial charge is 0.355 e. The van der Waals surface area contributed by atoms with Gasteiger partial charge in [0, 0.05) is 33.2 Å². The third-order valence-corrected chi connectivity index (χ3v) is 8.24. The summed E-state index contributed by atoms with van der Waals surface area (Å²) < 4.78 is 26.8. The van der Waals surface area contributed by atoms with Crippen LogP contribution in [0.5, 0.6) is 0 Å². The van der Waals surface area contributed by atoms with E-state index in [2.05, 4.69) is 32.5 Å². The van der Waals surface area contributed by atoms with Crippen LogP contribution in [0.2, 0.25) is 0 Å². The Morgan fingerprint density at radius 3 is 2.30 bits per heavy atom. The maximum absolute atomic E-state index is 12.7. The van der Waals surface area contributed by atoms with Crippen molar-refractivity contribution in [1.82, 2.24) is 20.3 Å². The van der Waals surface area contributed by atoms with Crippen LogP contribution in [0.25, 0.3) is 0 Å². The number of rotatable bonds is 9. The maximum atomic E-state index is 12.7. The molecule has 3 N–H and O–H groups in total. The summed E-state index contributed by atoms with van der Waals surface area (Å²) in [5.41, 5.74) is 0. The highest BCUT2D eigenvalue weighted by Crippen LogP contribution is 2.52. The number of allylic oxidation sites excluding steroid dienone is 2. The number of nitrogens with zero attached hydrogens (tertiary/aromatic N) is 2. The number of guanidine groups is 1. The highest BCUT2D eigenvalue weighted by Gasteiger charge is 2.58. The Labute approximate surface area is 177 Å². The number of carbonyl (C=O) groups is 2. The highest BCUT2D eigenvalue weighted by molar-refractivity contribution is 7.89. The van der Waals surface area contributed by atoms with E-state index in [-0.39, 0.29) is 54.3 Å². The lowest BCUT2D eigenvalue weighted by atomic mass is 9.85. The Bertz CT molecular complexity index is 821. The smallest absolute Gasteiger partial charge is 0.233 e. The van der Waals surface area contributed by atoms with Crippen molar-refractivity contribution in [2.24, 2.45) is 34.6 Å². The molecule has 2 saturated carbocycles. The summed E-state index contributed by atoms with van der Waals surface area (Å²) in [6.45, 7) is 1.39. The van der Waals surface area contributed by atoms with E-state index in [1.54, 1.807) is 7.05 Å². The predicted octanol–water partition coefficient (Wildman–Crippen LogP) is -0.322. The van der Waals surface area contributed by atoms with Crippen molar-refractivity contribution in [3.8, 4) is 0 Å². The molecular formula is C20H31N5O4S. The van der Waals surface area contributed by atoms with Gasteiger partial charge in [-0.15, -0.1) is 0 Å². The summed E-state index contributed by atoms with van der Waals surface area (Å²) in [5, 5.41) is 6.03. The molecule has 3 aliphatic carbocycles. The molecule has 0 radical (unpaired) electrons. The monoisotopic (exact) mass is 437 g/mol. The first-order valence-electron chi connectivity index (χ1n) is 10.8. The van der Waals surface area contributed by atoms with E-state index >= 15 is 0 Å². The van der Waals surface area contributed by atoms with E-state index in [4.69, 9.17) is 0 Å². The topological polar surface area (TPSA) is 120 Å².